The van der Waals surface area contributed by atoms with Crippen molar-refractivity contribution in [2.45, 2.75) is 19.8 Å². The molecule has 4 heteroatoms. The van der Waals surface area contributed by atoms with E-state index in [2.05, 4.69) is 11.8 Å². The molecule has 1 aromatic rings. The van der Waals surface area contributed by atoms with Crippen molar-refractivity contribution in [1.82, 2.24) is 0 Å². The molecular formula is C14H19NO3. The largest absolute Gasteiger partial charge is 0.496 e. The van der Waals surface area contributed by atoms with Crippen molar-refractivity contribution in [2.24, 2.45) is 5.92 Å². The van der Waals surface area contributed by atoms with Crippen molar-refractivity contribution in [3.8, 4) is 5.75 Å². The van der Waals surface area contributed by atoms with Crippen LogP contribution in [0.5, 0.6) is 5.75 Å². The van der Waals surface area contributed by atoms with E-state index in [1.54, 1.807) is 12.1 Å². The lowest BCUT2D eigenvalue weighted by Crippen LogP contribution is -2.34. The number of hydrogen-bond acceptors (Lipinski definition) is 3. The van der Waals surface area contributed by atoms with Crippen LogP contribution in [0.4, 0.5) is 5.69 Å². The summed E-state index contributed by atoms with van der Waals surface area (Å²) >= 11 is 0. The van der Waals surface area contributed by atoms with E-state index >= 15 is 0 Å². The maximum atomic E-state index is 11.2. The molecule has 1 aliphatic rings. The minimum absolute atomic E-state index is 0.230. The fourth-order valence-corrected chi connectivity index (χ4v) is 2.48. The van der Waals surface area contributed by atoms with Crippen LogP contribution in [0.15, 0.2) is 18.2 Å². The Bertz CT molecular complexity index is 445. The molecule has 2 rings (SSSR count). The average Bonchev–Trinajstić information content (AvgIpc) is 2.38. The molecule has 1 atom stereocenters. The second-order valence-corrected chi connectivity index (χ2v) is 4.88. The molecule has 0 saturated carbocycles. The lowest BCUT2D eigenvalue weighted by Gasteiger charge is -2.33. The molecule has 0 aliphatic carbocycles. The van der Waals surface area contributed by atoms with Crippen LogP contribution in [0.2, 0.25) is 0 Å². The molecule has 0 radical (unpaired) electrons. The van der Waals surface area contributed by atoms with Crippen molar-refractivity contribution in [1.29, 1.82) is 0 Å². The minimum atomic E-state index is -0.946. The highest BCUT2D eigenvalue weighted by Gasteiger charge is 2.19. The zero-order valence-electron chi connectivity index (χ0n) is 10.8. The summed E-state index contributed by atoms with van der Waals surface area (Å²) in [5.41, 5.74) is 1.20. The Balaban J connectivity index is 2.28. The highest BCUT2D eigenvalue weighted by molar-refractivity contribution is 5.92. The van der Waals surface area contributed by atoms with Gasteiger partial charge in [-0.25, -0.2) is 4.79 Å². The molecule has 1 fully saturated rings. The monoisotopic (exact) mass is 249 g/mol. The molecule has 1 aromatic carbocycles. The van der Waals surface area contributed by atoms with Gasteiger partial charge in [0, 0.05) is 18.8 Å². The van der Waals surface area contributed by atoms with Gasteiger partial charge in [-0.15, -0.1) is 0 Å². The van der Waals surface area contributed by atoms with Gasteiger partial charge in [-0.2, -0.15) is 0 Å². The summed E-state index contributed by atoms with van der Waals surface area (Å²) in [5.74, 6) is 0.129. The van der Waals surface area contributed by atoms with Crippen molar-refractivity contribution in [3.63, 3.8) is 0 Å². The van der Waals surface area contributed by atoms with Crippen LogP contribution in [-0.4, -0.2) is 31.3 Å². The number of carboxylic acid groups (broad SMARTS) is 1. The Labute approximate surface area is 107 Å². The number of ether oxygens (including phenoxy) is 1. The average molecular weight is 249 g/mol. The lowest BCUT2D eigenvalue weighted by atomic mass is 9.99. The van der Waals surface area contributed by atoms with Gasteiger partial charge in [-0.05, 0) is 37.0 Å². The number of aromatic carboxylic acids is 1. The minimum Gasteiger partial charge on any atom is -0.496 e. The van der Waals surface area contributed by atoms with E-state index in [0.717, 1.165) is 25.2 Å². The van der Waals surface area contributed by atoms with Gasteiger partial charge in [0.2, 0.25) is 0 Å². The summed E-state index contributed by atoms with van der Waals surface area (Å²) in [5, 5.41) is 9.17. The fraction of sp³-hybridized carbons (Fsp3) is 0.500. The van der Waals surface area contributed by atoms with Crippen LogP contribution >= 0.6 is 0 Å². The van der Waals surface area contributed by atoms with Gasteiger partial charge in [-0.1, -0.05) is 6.92 Å². The van der Waals surface area contributed by atoms with Gasteiger partial charge >= 0.3 is 5.97 Å². The maximum Gasteiger partial charge on any atom is 0.339 e. The van der Waals surface area contributed by atoms with E-state index in [-0.39, 0.29) is 5.56 Å². The molecule has 98 valence electrons. The Morgan fingerprint density at radius 1 is 1.50 bits per heavy atom. The molecule has 1 saturated heterocycles. The molecule has 0 aromatic heterocycles. The van der Waals surface area contributed by atoms with Crippen LogP contribution in [0.1, 0.15) is 30.1 Å². The maximum absolute atomic E-state index is 11.2. The lowest BCUT2D eigenvalue weighted by molar-refractivity contribution is 0.0693. The second kappa shape index (κ2) is 5.29. The van der Waals surface area contributed by atoms with Crippen molar-refractivity contribution in [3.05, 3.63) is 23.8 Å². The van der Waals surface area contributed by atoms with Crippen LogP contribution in [0.25, 0.3) is 0 Å². The third-order valence-corrected chi connectivity index (χ3v) is 3.44. The molecule has 1 aliphatic heterocycles. The normalized spacial score (nSPS) is 19.7. The predicted octanol–water partition coefficient (Wildman–Crippen LogP) is 2.63. The Kier molecular flexibility index (Phi) is 3.75. The number of hydrogen-bond donors (Lipinski definition) is 1. The second-order valence-electron chi connectivity index (χ2n) is 4.88. The molecule has 0 amide bonds. The predicted molar refractivity (Wildman–Crippen MR) is 70.6 cm³/mol. The third-order valence-electron chi connectivity index (χ3n) is 3.44. The Morgan fingerprint density at radius 2 is 2.28 bits per heavy atom. The topological polar surface area (TPSA) is 49.8 Å². The van der Waals surface area contributed by atoms with Crippen LogP contribution in [0, 0.1) is 5.92 Å². The van der Waals surface area contributed by atoms with Crippen molar-refractivity contribution >= 4 is 11.7 Å². The van der Waals surface area contributed by atoms with Crippen molar-refractivity contribution < 1.29 is 14.6 Å². The van der Waals surface area contributed by atoms with Crippen LogP contribution in [0.3, 0.4) is 0 Å². The van der Waals surface area contributed by atoms with Crippen LogP contribution < -0.4 is 9.64 Å². The smallest absolute Gasteiger partial charge is 0.339 e. The standard InChI is InChI=1S/C14H19NO3/c1-10-4-3-7-15(9-10)11-5-6-13(18-2)12(8-11)14(16)17/h5-6,8,10H,3-4,7,9H2,1-2H3,(H,16,17). The van der Waals surface area contributed by atoms with E-state index in [9.17, 15) is 9.90 Å². The molecule has 1 heterocycles. The highest BCUT2D eigenvalue weighted by Crippen LogP contribution is 2.28. The Hall–Kier alpha value is -1.71. The Morgan fingerprint density at radius 3 is 2.89 bits per heavy atom. The van der Waals surface area contributed by atoms with Crippen LogP contribution in [-0.2, 0) is 0 Å². The number of benzene rings is 1. The number of nitrogens with zero attached hydrogens (tertiary/aromatic N) is 1. The first kappa shape index (κ1) is 12.7. The molecular weight excluding hydrogens is 230 g/mol. The van der Waals surface area contributed by atoms with E-state index < -0.39 is 5.97 Å². The summed E-state index contributed by atoms with van der Waals surface area (Å²) in [7, 11) is 1.49. The van der Waals surface area contributed by atoms with E-state index in [1.165, 1.54) is 13.5 Å². The number of methoxy groups -OCH3 is 1. The van der Waals surface area contributed by atoms with Gasteiger partial charge in [0.1, 0.15) is 11.3 Å². The molecule has 1 N–H and O–H groups in total. The van der Waals surface area contributed by atoms with Gasteiger partial charge in [0.15, 0.2) is 0 Å². The zero-order chi connectivity index (χ0) is 13.1. The summed E-state index contributed by atoms with van der Waals surface area (Å²) in [4.78, 5) is 13.4. The van der Waals surface area contributed by atoms with E-state index in [0.29, 0.717) is 11.7 Å². The number of rotatable bonds is 3. The number of piperidine rings is 1. The van der Waals surface area contributed by atoms with E-state index in [4.69, 9.17) is 4.74 Å². The van der Waals surface area contributed by atoms with Crippen molar-refractivity contribution in [2.75, 3.05) is 25.1 Å². The molecule has 18 heavy (non-hydrogen) atoms. The van der Waals surface area contributed by atoms with Gasteiger partial charge in [0.05, 0.1) is 7.11 Å². The first-order valence-corrected chi connectivity index (χ1v) is 6.28. The quantitative estimate of drug-likeness (QED) is 0.894. The summed E-state index contributed by atoms with van der Waals surface area (Å²) in [6.45, 7) is 4.22. The van der Waals surface area contributed by atoms with Gasteiger partial charge in [-0.3, -0.25) is 0 Å². The number of carboxylic acids is 1. The molecule has 1 unspecified atom stereocenters. The fourth-order valence-electron chi connectivity index (χ4n) is 2.48. The number of anilines is 1. The first-order valence-electron chi connectivity index (χ1n) is 6.28. The molecule has 0 spiro atoms. The summed E-state index contributed by atoms with van der Waals surface area (Å²) < 4.78 is 5.07. The summed E-state index contributed by atoms with van der Waals surface area (Å²) in [6, 6.07) is 5.38. The van der Waals surface area contributed by atoms with E-state index in [1.807, 2.05) is 6.07 Å². The summed E-state index contributed by atoms with van der Waals surface area (Å²) in [6.07, 6.45) is 2.41. The van der Waals surface area contributed by atoms with Gasteiger partial charge < -0.3 is 14.7 Å². The third kappa shape index (κ3) is 2.58. The highest BCUT2D eigenvalue weighted by atomic mass is 16.5. The first-order chi connectivity index (χ1) is 8.61. The molecule has 4 nitrogen and oxygen atoms in total. The SMILES string of the molecule is COc1ccc(N2CCCC(C)C2)cc1C(=O)O. The number of carbonyl (C=O) groups is 1. The molecule has 0 bridgehead atoms. The zero-order valence-corrected chi connectivity index (χ0v) is 10.8. The van der Waals surface area contributed by atoms with Gasteiger partial charge in [0.25, 0.3) is 0 Å².